The SMILES string of the molecule is COc1nc(N)ccc1-n1cnc(C)c1.COc1nc(Nc2ncc3c(n2)N(C)C(c2ccccc2C)CO3)ccc1-n1cnc(C)c1.Cc1ccccc1C1COc2cnc(Cl)nc2N1C. The Morgan fingerprint density at radius 2 is 1.13 bits per heavy atom. The highest BCUT2D eigenvalue weighted by atomic mass is 35.5. The Bertz CT molecular complexity index is 3000. The molecule has 0 spiro atoms. The van der Waals surface area contributed by atoms with E-state index >= 15 is 0 Å². The molecule has 18 nitrogen and oxygen atoms in total. The number of hydrogen-bond donors (Lipinski definition) is 2. The van der Waals surface area contributed by atoms with Gasteiger partial charge in [0.15, 0.2) is 23.1 Å². The van der Waals surface area contributed by atoms with Crippen LogP contribution in [0.3, 0.4) is 0 Å². The first kappa shape index (κ1) is 45.6. The monoisotopic (exact) mass is 922 g/mol. The summed E-state index contributed by atoms with van der Waals surface area (Å²) in [6, 6.07) is 24.2. The number of fused-ring (bicyclic) bond motifs is 2. The van der Waals surface area contributed by atoms with E-state index in [4.69, 9.17) is 41.3 Å². The zero-order valence-corrected chi connectivity index (χ0v) is 39.2. The molecule has 3 N–H and O–H groups in total. The molecule has 10 rings (SSSR count). The topological polar surface area (TPSA) is 194 Å². The van der Waals surface area contributed by atoms with Crippen molar-refractivity contribution in [2.45, 2.75) is 39.8 Å². The highest BCUT2D eigenvalue weighted by Crippen LogP contribution is 2.39. The number of imidazole rings is 2. The van der Waals surface area contributed by atoms with Crippen molar-refractivity contribution in [2.75, 3.05) is 62.4 Å². The molecule has 6 aromatic heterocycles. The summed E-state index contributed by atoms with van der Waals surface area (Å²) in [6.07, 6.45) is 10.6. The summed E-state index contributed by atoms with van der Waals surface area (Å²) in [7, 11) is 7.18. The lowest BCUT2D eigenvalue weighted by Crippen LogP contribution is -2.34. The fraction of sp³-hybridized carbons (Fsp3) is 0.250. The third-order valence-corrected chi connectivity index (χ3v) is 11.4. The van der Waals surface area contributed by atoms with Gasteiger partial charge in [-0.1, -0.05) is 48.5 Å². The second-order valence-corrected chi connectivity index (χ2v) is 16.1. The van der Waals surface area contributed by atoms with Gasteiger partial charge in [-0.25, -0.2) is 19.9 Å². The minimum absolute atomic E-state index is 0.0672. The predicted octanol–water partition coefficient (Wildman–Crippen LogP) is 8.17. The Labute approximate surface area is 393 Å². The molecule has 19 heteroatoms. The van der Waals surface area contributed by atoms with Gasteiger partial charge in [0.1, 0.15) is 36.2 Å². The average Bonchev–Trinajstić information content (AvgIpc) is 3.98. The Hall–Kier alpha value is -7.99. The molecule has 8 heterocycles. The van der Waals surface area contributed by atoms with Gasteiger partial charge in [0.2, 0.25) is 23.0 Å². The minimum Gasteiger partial charge on any atom is -0.486 e. The quantitative estimate of drug-likeness (QED) is 0.138. The van der Waals surface area contributed by atoms with Crippen LogP contribution in [-0.2, 0) is 0 Å². The van der Waals surface area contributed by atoms with Crippen LogP contribution in [0, 0.1) is 27.7 Å². The van der Waals surface area contributed by atoms with Crippen LogP contribution < -0.4 is 39.8 Å². The number of anilines is 5. The van der Waals surface area contributed by atoms with Crippen LogP contribution >= 0.6 is 11.6 Å². The predicted molar refractivity (Wildman–Crippen MR) is 258 cm³/mol. The number of rotatable bonds is 8. The number of benzene rings is 2. The second kappa shape index (κ2) is 20.0. The first-order chi connectivity index (χ1) is 32.4. The fourth-order valence-electron chi connectivity index (χ4n) is 7.71. The molecule has 2 aliphatic rings. The number of nitrogens with two attached hydrogens (primary N) is 1. The molecule has 0 fully saturated rings. The number of aryl methyl sites for hydroxylation is 4. The Morgan fingerprint density at radius 1 is 0.627 bits per heavy atom. The summed E-state index contributed by atoms with van der Waals surface area (Å²) in [4.78, 5) is 38.6. The molecule has 67 heavy (non-hydrogen) atoms. The Balaban J connectivity index is 0.000000151. The van der Waals surface area contributed by atoms with E-state index in [1.807, 2.05) is 91.9 Å². The van der Waals surface area contributed by atoms with E-state index in [-0.39, 0.29) is 17.4 Å². The summed E-state index contributed by atoms with van der Waals surface area (Å²) in [6.45, 7) is 9.20. The van der Waals surface area contributed by atoms with Gasteiger partial charge in [0, 0.05) is 26.5 Å². The summed E-state index contributed by atoms with van der Waals surface area (Å²) in [5, 5.41) is 3.41. The molecule has 2 unspecified atom stereocenters. The molecule has 0 aliphatic carbocycles. The van der Waals surface area contributed by atoms with Crippen molar-refractivity contribution in [3.63, 3.8) is 0 Å². The molecule has 0 radical (unpaired) electrons. The number of aromatic nitrogens is 10. The highest BCUT2D eigenvalue weighted by Gasteiger charge is 2.30. The van der Waals surface area contributed by atoms with Crippen molar-refractivity contribution in [1.29, 1.82) is 0 Å². The lowest BCUT2D eigenvalue weighted by atomic mass is 10.00. The fourth-order valence-corrected chi connectivity index (χ4v) is 7.84. The van der Waals surface area contributed by atoms with Crippen LogP contribution in [0.1, 0.15) is 45.7 Å². The zero-order chi connectivity index (χ0) is 47.2. The van der Waals surface area contributed by atoms with Gasteiger partial charge in [-0.05, 0) is 85.8 Å². The molecule has 0 amide bonds. The molecule has 2 aliphatic heterocycles. The van der Waals surface area contributed by atoms with Crippen LogP contribution in [0.5, 0.6) is 23.3 Å². The van der Waals surface area contributed by atoms with Gasteiger partial charge in [0.05, 0.1) is 62.7 Å². The van der Waals surface area contributed by atoms with Crippen LogP contribution in [-0.4, -0.2) is 90.5 Å². The molecule has 0 saturated heterocycles. The number of nitrogens with zero attached hydrogens (tertiary/aromatic N) is 12. The number of hydrogen-bond acceptors (Lipinski definition) is 16. The van der Waals surface area contributed by atoms with Gasteiger partial charge in [-0.3, -0.25) is 0 Å². The molecule has 8 aromatic rings. The van der Waals surface area contributed by atoms with Crippen LogP contribution in [0.15, 0.2) is 110 Å². The molecular weight excluding hydrogens is 872 g/mol. The largest absolute Gasteiger partial charge is 0.486 e. The number of methoxy groups -OCH3 is 2. The number of pyridine rings is 2. The van der Waals surface area contributed by atoms with Gasteiger partial charge in [-0.15, -0.1) is 0 Å². The first-order valence-corrected chi connectivity index (χ1v) is 21.6. The third kappa shape index (κ3) is 10.1. The van der Waals surface area contributed by atoms with E-state index < -0.39 is 0 Å². The van der Waals surface area contributed by atoms with Crippen LogP contribution in [0.25, 0.3) is 11.4 Å². The van der Waals surface area contributed by atoms with E-state index in [0.717, 1.165) is 34.4 Å². The maximum atomic E-state index is 5.99. The first-order valence-electron chi connectivity index (χ1n) is 21.3. The van der Waals surface area contributed by atoms with Gasteiger partial charge in [0.25, 0.3) is 0 Å². The number of likely N-dealkylation sites (N-methyl/N-ethyl adjacent to an activating group) is 2. The second-order valence-electron chi connectivity index (χ2n) is 15.8. The highest BCUT2D eigenvalue weighted by molar-refractivity contribution is 6.28. The standard InChI is InChI=1S/C24H25N7O2.C14H14ClN3O.C10H12N4O/c1-15-7-5-6-8-17(15)19-13-33-20-11-25-24(29-22(20)30(19)3)28-21-10-9-18(23(27-21)32-4)31-12-16(2)26-14-31;1-9-5-3-4-6-10(9)11-8-19-12-7-16-14(15)17-13(12)18(11)2;1-7-5-14(6-12-7)8-3-4-9(11)13-10(8)15-2/h5-12,14,19H,13H2,1-4H3,(H,25,27,28,29);3-7,11H,8H2,1-2H3;3-6H,1-2H3,(H2,11,13). The van der Waals surface area contributed by atoms with E-state index in [9.17, 15) is 0 Å². The van der Waals surface area contributed by atoms with Crippen LogP contribution in [0.2, 0.25) is 5.28 Å². The zero-order valence-electron chi connectivity index (χ0n) is 38.4. The number of nitrogens with one attached hydrogen (secondary N) is 1. The Kier molecular flexibility index (Phi) is 13.6. The molecule has 2 atom stereocenters. The number of ether oxygens (including phenoxy) is 4. The van der Waals surface area contributed by atoms with Gasteiger partial charge in [-0.2, -0.15) is 19.9 Å². The van der Waals surface area contributed by atoms with E-state index in [1.165, 1.54) is 22.3 Å². The van der Waals surface area contributed by atoms with E-state index in [1.54, 1.807) is 45.3 Å². The van der Waals surface area contributed by atoms with Crippen molar-refractivity contribution < 1.29 is 18.9 Å². The summed E-state index contributed by atoms with van der Waals surface area (Å²) in [5.74, 6) is 5.19. The Morgan fingerprint density at radius 3 is 1.66 bits per heavy atom. The normalized spacial score (nSPS) is 14.8. The molecule has 0 saturated carbocycles. The number of nitrogen functional groups attached to an aromatic ring is 1. The van der Waals surface area contributed by atoms with Crippen LogP contribution in [0.4, 0.5) is 29.2 Å². The van der Waals surface area contributed by atoms with Crippen molar-refractivity contribution in [3.05, 3.63) is 149 Å². The van der Waals surface area contributed by atoms with Gasteiger partial charge >= 0.3 is 0 Å². The van der Waals surface area contributed by atoms with E-state index in [2.05, 4.69) is 88.1 Å². The smallest absolute Gasteiger partial charge is 0.240 e. The molecule has 344 valence electrons. The molecule has 0 bridgehead atoms. The minimum atomic E-state index is 0.0672. The van der Waals surface area contributed by atoms with Crippen molar-refractivity contribution >= 4 is 40.8 Å². The number of halogens is 1. The van der Waals surface area contributed by atoms with Crippen molar-refractivity contribution in [2.24, 2.45) is 0 Å². The third-order valence-electron chi connectivity index (χ3n) is 11.2. The lowest BCUT2D eigenvalue weighted by molar-refractivity contribution is 0.264. The summed E-state index contributed by atoms with van der Waals surface area (Å²) in [5.41, 5.74) is 14.0. The molecule has 2 aromatic carbocycles. The molecular formula is C48H51ClN14O4. The average molecular weight is 923 g/mol. The van der Waals surface area contributed by atoms with Crippen molar-refractivity contribution in [3.8, 4) is 34.6 Å². The maximum Gasteiger partial charge on any atom is 0.240 e. The maximum absolute atomic E-state index is 5.99. The van der Waals surface area contributed by atoms with E-state index in [0.29, 0.717) is 54.1 Å². The summed E-state index contributed by atoms with van der Waals surface area (Å²) < 4.78 is 26.1. The lowest BCUT2D eigenvalue weighted by Gasteiger charge is -2.35. The van der Waals surface area contributed by atoms with Crippen molar-refractivity contribution in [1.82, 2.24) is 49.0 Å². The summed E-state index contributed by atoms with van der Waals surface area (Å²) >= 11 is 5.86. The van der Waals surface area contributed by atoms with Gasteiger partial charge < -0.3 is 48.9 Å².